The molecule has 48 valence electrons. The summed E-state index contributed by atoms with van der Waals surface area (Å²) in [6.07, 6.45) is 2.42. The van der Waals surface area contributed by atoms with E-state index >= 15 is 0 Å². The molecule has 0 spiro atoms. The van der Waals surface area contributed by atoms with Crippen LogP contribution in [0.2, 0.25) is 0 Å². The largest absolute Gasteiger partial charge is 0.379 e. The second-order valence-electron chi connectivity index (χ2n) is 1.06. The molecule has 0 atom stereocenters. The maximum Gasteiger partial charge on any atom is 0.379 e. The Morgan fingerprint density at radius 2 is 2.12 bits per heavy atom. The Morgan fingerprint density at radius 1 is 1.62 bits per heavy atom. The van der Waals surface area contributed by atoms with E-state index < -0.39 is 10.3 Å². The van der Waals surface area contributed by atoms with Crippen molar-refractivity contribution < 1.29 is 12.6 Å². The molecular formula is C3H7NO3S. The third-order valence-electron chi connectivity index (χ3n) is 0.326. The van der Waals surface area contributed by atoms with Gasteiger partial charge in [-0.15, -0.1) is 0 Å². The normalized spacial score (nSPS) is 12.2. The minimum absolute atomic E-state index is 0.995. The summed E-state index contributed by atoms with van der Waals surface area (Å²) in [6.45, 7) is 1.62. The van der Waals surface area contributed by atoms with E-state index in [1.54, 1.807) is 6.92 Å². The molecule has 2 N–H and O–H groups in total. The van der Waals surface area contributed by atoms with Crippen molar-refractivity contribution in [2.75, 3.05) is 0 Å². The third-order valence-corrected chi connectivity index (χ3v) is 0.705. The van der Waals surface area contributed by atoms with Crippen LogP contribution in [0.25, 0.3) is 0 Å². The van der Waals surface area contributed by atoms with E-state index in [-0.39, 0.29) is 0 Å². The molecular weight excluding hydrogens is 130 g/mol. The van der Waals surface area contributed by atoms with Crippen LogP contribution >= 0.6 is 0 Å². The standard InChI is InChI=1S/C3H7NO3S/c1-2-3-7-8(4,5)6/h2-3H,1H3,(H2,4,5,6). The molecule has 8 heavy (non-hydrogen) atoms. The minimum Gasteiger partial charge on any atom is -0.379 e. The summed E-state index contributed by atoms with van der Waals surface area (Å²) in [4.78, 5) is 0. The van der Waals surface area contributed by atoms with Gasteiger partial charge < -0.3 is 4.18 Å². The van der Waals surface area contributed by atoms with Crippen molar-refractivity contribution >= 4 is 10.3 Å². The fourth-order valence-electron chi connectivity index (χ4n) is 0.133. The van der Waals surface area contributed by atoms with Gasteiger partial charge in [0, 0.05) is 0 Å². The highest BCUT2D eigenvalue weighted by Gasteiger charge is 1.94. The van der Waals surface area contributed by atoms with Crippen LogP contribution in [0.1, 0.15) is 6.92 Å². The SMILES string of the molecule is CC=COS(N)(=O)=O. The molecule has 0 aromatic heterocycles. The molecule has 0 fully saturated rings. The summed E-state index contributed by atoms with van der Waals surface area (Å²) < 4.78 is 23.7. The maximum atomic E-state index is 9.89. The predicted molar refractivity (Wildman–Crippen MR) is 29.0 cm³/mol. The first-order valence-electron chi connectivity index (χ1n) is 1.88. The molecule has 0 aliphatic heterocycles. The van der Waals surface area contributed by atoms with Gasteiger partial charge in [0.2, 0.25) is 0 Å². The van der Waals surface area contributed by atoms with Crippen molar-refractivity contribution in [3.05, 3.63) is 12.3 Å². The monoisotopic (exact) mass is 137 g/mol. The van der Waals surface area contributed by atoms with Gasteiger partial charge in [0.1, 0.15) is 6.26 Å². The summed E-state index contributed by atoms with van der Waals surface area (Å²) in [6, 6.07) is 0. The number of hydrogen-bond donors (Lipinski definition) is 1. The zero-order valence-corrected chi connectivity index (χ0v) is 5.18. The molecule has 0 heterocycles. The molecule has 0 bridgehead atoms. The molecule has 0 aliphatic rings. The second kappa shape index (κ2) is 2.68. The fourth-order valence-corrected chi connectivity index (χ4v) is 0.399. The van der Waals surface area contributed by atoms with Crippen LogP contribution in [0, 0.1) is 0 Å². The Bertz CT molecular complexity index is 169. The molecule has 0 aromatic carbocycles. The van der Waals surface area contributed by atoms with Gasteiger partial charge >= 0.3 is 10.3 Å². The molecule has 0 saturated heterocycles. The van der Waals surface area contributed by atoms with E-state index in [4.69, 9.17) is 0 Å². The van der Waals surface area contributed by atoms with Gasteiger partial charge in [0.15, 0.2) is 0 Å². The Morgan fingerprint density at radius 3 is 2.25 bits per heavy atom. The lowest BCUT2D eigenvalue weighted by molar-refractivity contribution is 0.444. The van der Waals surface area contributed by atoms with E-state index in [1.807, 2.05) is 0 Å². The van der Waals surface area contributed by atoms with E-state index in [0.717, 1.165) is 6.26 Å². The first-order chi connectivity index (χ1) is 3.56. The third kappa shape index (κ3) is 5.45. The lowest BCUT2D eigenvalue weighted by atomic mass is 10.8. The Labute approximate surface area is 48.2 Å². The average Bonchev–Trinajstić information content (AvgIpc) is 1.59. The predicted octanol–water partition coefficient (Wildman–Crippen LogP) is -0.260. The Hall–Kier alpha value is -0.550. The minimum atomic E-state index is -3.77. The van der Waals surface area contributed by atoms with Crippen LogP contribution in [0.4, 0.5) is 0 Å². The van der Waals surface area contributed by atoms with E-state index in [9.17, 15) is 8.42 Å². The average molecular weight is 137 g/mol. The van der Waals surface area contributed by atoms with Gasteiger partial charge in [0.05, 0.1) is 0 Å². The van der Waals surface area contributed by atoms with Gasteiger partial charge in [-0.1, -0.05) is 6.08 Å². The number of rotatable bonds is 2. The van der Waals surface area contributed by atoms with E-state index in [2.05, 4.69) is 9.32 Å². The lowest BCUT2D eigenvalue weighted by Crippen LogP contribution is -2.12. The van der Waals surface area contributed by atoms with Crippen molar-refractivity contribution in [3.8, 4) is 0 Å². The van der Waals surface area contributed by atoms with E-state index in [1.165, 1.54) is 6.08 Å². The molecule has 0 aromatic rings. The zero-order chi connectivity index (χ0) is 6.62. The molecule has 0 aliphatic carbocycles. The quantitative estimate of drug-likeness (QED) is 0.533. The van der Waals surface area contributed by atoms with Crippen LogP contribution in [-0.2, 0) is 14.5 Å². The molecule has 0 amide bonds. The summed E-state index contributed by atoms with van der Waals surface area (Å²) in [7, 11) is -3.77. The van der Waals surface area contributed by atoms with Crippen LogP contribution in [0.5, 0.6) is 0 Å². The molecule has 0 saturated carbocycles. The highest BCUT2D eigenvalue weighted by molar-refractivity contribution is 7.84. The molecule has 4 nitrogen and oxygen atoms in total. The van der Waals surface area contributed by atoms with Crippen molar-refractivity contribution in [3.63, 3.8) is 0 Å². The fraction of sp³-hybridized carbons (Fsp3) is 0.333. The van der Waals surface area contributed by atoms with Crippen LogP contribution < -0.4 is 5.14 Å². The maximum absolute atomic E-state index is 9.89. The summed E-state index contributed by atoms with van der Waals surface area (Å²) in [5, 5.41) is 4.42. The highest BCUT2D eigenvalue weighted by Crippen LogP contribution is 1.81. The number of nitrogens with two attached hydrogens (primary N) is 1. The second-order valence-corrected chi connectivity index (χ2v) is 2.24. The molecule has 0 unspecified atom stereocenters. The summed E-state index contributed by atoms with van der Waals surface area (Å²) >= 11 is 0. The molecule has 0 rings (SSSR count). The Balaban J connectivity index is 3.76. The molecule has 0 radical (unpaired) electrons. The van der Waals surface area contributed by atoms with Gasteiger partial charge in [-0.25, -0.2) is 0 Å². The van der Waals surface area contributed by atoms with Crippen molar-refractivity contribution in [2.24, 2.45) is 5.14 Å². The Kier molecular flexibility index (Phi) is 2.50. The van der Waals surface area contributed by atoms with Crippen molar-refractivity contribution in [1.29, 1.82) is 0 Å². The van der Waals surface area contributed by atoms with Crippen LogP contribution in [0.3, 0.4) is 0 Å². The number of allylic oxidation sites excluding steroid dienone is 1. The van der Waals surface area contributed by atoms with Crippen molar-refractivity contribution in [2.45, 2.75) is 6.92 Å². The smallest absolute Gasteiger partial charge is 0.379 e. The highest BCUT2D eigenvalue weighted by atomic mass is 32.2. The summed E-state index contributed by atoms with van der Waals surface area (Å²) in [5.74, 6) is 0. The van der Waals surface area contributed by atoms with Gasteiger partial charge in [0.25, 0.3) is 0 Å². The van der Waals surface area contributed by atoms with Gasteiger partial charge in [-0.2, -0.15) is 13.6 Å². The van der Waals surface area contributed by atoms with E-state index in [0.29, 0.717) is 0 Å². The van der Waals surface area contributed by atoms with Crippen LogP contribution in [-0.4, -0.2) is 8.42 Å². The first-order valence-corrected chi connectivity index (χ1v) is 3.35. The zero-order valence-electron chi connectivity index (χ0n) is 4.37. The summed E-state index contributed by atoms with van der Waals surface area (Å²) in [5.41, 5.74) is 0. The van der Waals surface area contributed by atoms with Crippen LogP contribution in [0.15, 0.2) is 12.3 Å². The number of hydrogen-bond acceptors (Lipinski definition) is 3. The first kappa shape index (κ1) is 7.45. The van der Waals surface area contributed by atoms with Gasteiger partial charge in [-0.05, 0) is 6.92 Å². The lowest BCUT2D eigenvalue weighted by Gasteiger charge is -1.90. The van der Waals surface area contributed by atoms with Crippen molar-refractivity contribution in [1.82, 2.24) is 0 Å². The van der Waals surface area contributed by atoms with Gasteiger partial charge in [-0.3, -0.25) is 0 Å². The molecule has 5 heteroatoms. The topological polar surface area (TPSA) is 69.4 Å².